The maximum atomic E-state index is 13.0. The Hall–Kier alpha value is -1.92. The fourth-order valence-electron chi connectivity index (χ4n) is 3.48. The van der Waals surface area contributed by atoms with Crippen molar-refractivity contribution in [2.75, 3.05) is 19.8 Å². The van der Waals surface area contributed by atoms with Gasteiger partial charge in [-0.05, 0) is 24.8 Å². The van der Waals surface area contributed by atoms with E-state index >= 15 is 0 Å². The third-order valence-electron chi connectivity index (χ3n) is 4.79. The Labute approximate surface area is 136 Å². The predicted octanol–water partition coefficient (Wildman–Crippen LogP) is 1.26. The van der Waals surface area contributed by atoms with Gasteiger partial charge in [0.2, 0.25) is 0 Å². The minimum Gasteiger partial charge on any atom is -0.392 e. The second kappa shape index (κ2) is 6.29. The lowest BCUT2D eigenvalue weighted by molar-refractivity contribution is -0.133. The van der Waals surface area contributed by atoms with Crippen LogP contribution in [0.25, 0.3) is 0 Å². The van der Waals surface area contributed by atoms with Crippen LogP contribution in [0.1, 0.15) is 31.7 Å². The molecule has 1 aromatic carbocycles. The summed E-state index contributed by atoms with van der Waals surface area (Å²) in [6.45, 7) is 3.43. The van der Waals surface area contributed by atoms with Crippen molar-refractivity contribution in [3.63, 3.8) is 0 Å². The molecule has 0 spiro atoms. The molecule has 0 unspecified atom stereocenters. The Morgan fingerprint density at radius 3 is 2.70 bits per heavy atom. The number of hydrogen-bond acceptors (Lipinski definition) is 4. The predicted molar refractivity (Wildman–Crippen MR) is 85.5 cm³/mol. The van der Waals surface area contributed by atoms with Crippen molar-refractivity contribution in [2.45, 2.75) is 37.8 Å². The third-order valence-corrected chi connectivity index (χ3v) is 4.79. The summed E-state index contributed by atoms with van der Waals surface area (Å²) in [5.41, 5.74) is -0.172. The standard InChI is InChI=1S/C17H23N3O3/c1-2-17(13-7-4-3-5-8-13)15(22)20(16(23)18-17)12-19-10-6-9-14(21)11-19/h3-5,7-8,14,21H,2,6,9-12H2,1H3,(H,18,23)/t14-,17+/m0/s1. The van der Waals surface area contributed by atoms with Crippen LogP contribution >= 0.6 is 0 Å². The molecule has 0 bridgehead atoms. The summed E-state index contributed by atoms with van der Waals surface area (Å²) >= 11 is 0. The van der Waals surface area contributed by atoms with Crippen LogP contribution in [0.2, 0.25) is 0 Å². The van der Waals surface area contributed by atoms with Gasteiger partial charge in [-0.15, -0.1) is 0 Å². The number of rotatable bonds is 4. The van der Waals surface area contributed by atoms with Gasteiger partial charge in [0.05, 0.1) is 12.8 Å². The monoisotopic (exact) mass is 317 g/mol. The molecule has 0 saturated carbocycles. The molecule has 1 aromatic rings. The van der Waals surface area contributed by atoms with Gasteiger partial charge in [-0.3, -0.25) is 9.69 Å². The van der Waals surface area contributed by atoms with E-state index in [9.17, 15) is 14.7 Å². The lowest BCUT2D eigenvalue weighted by Gasteiger charge is -2.32. The molecule has 0 aromatic heterocycles. The number of β-amino-alcohol motifs (C(OH)–C–C–N with tert-alkyl or cyclic N) is 1. The van der Waals surface area contributed by atoms with Crippen LogP contribution in [0.4, 0.5) is 4.79 Å². The van der Waals surface area contributed by atoms with E-state index in [4.69, 9.17) is 0 Å². The van der Waals surface area contributed by atoms with Gasteiger partial charge in [-0.1, -0.05) is 37.3 Å². The summed E-state index contributed by atoms with van der Waals surface area (Å²) in [4.78, 5) is 28.6. The van der Waals surface area contributed by atoms with E-state index < -0.39 is 5.54 Å². The largest absolute Gasteiger partial charge is 0.392 e. The highest BCUT2D eigenvalue weighted by atomic mass is 16.3. The minimum atomic E-state index is -0.979. The quantitative estimate of drug-likeness (QED) is 0.820. The number of piperidine rings is 1. The van der Waals surface area contributed by atoms with E-state index in [-0.39, 0.29) is 24.7 Å². The number of likely N-dealkylation sites (tertiary alicyclic amines) is 1. The second-order valence-electron chi connectivity index (χ2n) is 6.30. The number of urea groups is 1. The zero-order chi connectivity index (χ0) is 16.4. The van der Waals surface area contributed by atoms with Crippen molar-refractivity contribution >= 4 is 11.9 Å². The SMILES string of the molecule is CC[C@]1(c2ccccc2)NC(=O)N(CN2CCC[C@H](O)C2)C1=O. The first-order valence-corrected chi connectivity index (χ1v) is 8.17. The molecule has 0 radical (unpaired) electrons. The molecule has 0 aliphatic carbocycles. The molecular weight excluding hydrogens is 294 g/mol. The summed E-state index contributed by atoms with van der Waals surface area (Å²) in [6, 6.07) is 9.01. The van der Waals surface area contributed by atoms with Crippen LogP contribution in [0.15, 0.2) is 30.3 Å². The first-order chi connectivity index (χ1) is 11.1. The van der Waals surface area contributed by atoms with Crippen LogP contribution in [0.3, 0.4) is 0 Å². The first-order valence-electron chi connectivity index (χ1n) is 8.17. The van der Waals surface area contributed by atoms with Gasteiger partial charge in [-0.2, -0.15) is 0 Å². The van der Waals surface area contributed by atoms with Crippen LogP contribution in [0, 0.1) is 0 Å². The maximum absolute atomic E-state index is 13.0. The average Bonchev–Trinajstić information content (AvgIpc) is 2.81. The topological polar surface area (TPSA) is 72.9 Å². The molecule has 2 aliphatic rings. The molecule has 2 saturated heterocycles. The van der Waals surface area contributed by atoms with Crippen molar-refractivity contribution in [3.05, 3.63) is 35.9 Å². The van der Waals surface area contributed by atoms with E-state index in [1.807, 2.05) is 42.2 Å². The number of nitrogens with one attached hydrogen (secondary N) is 1. The number of amides is 3. The summed E-state index contributed by atoms with van der Waals surface area (Å²) in [5.74, 6) is -0.212. The Balaban J connectivity index is 1.81. The van der Waals surface area contributed by atoms with Crippen LogP contribution in [-0.4, -0.2) is 52.7 Å². The van der Waals surface area contributed by atoms with Gasteiger partial charge < -0.3 is 10.4 Å². The number of imide groups is 1. The van der Waals surface area contributed by atoms with Gasteiger partial charge in [0.25, 0.3) is 5.91 Å². The molecule has 2 N–H and O–H groups in total. The molecule has 2 atom stereocenters. The van der Waals surface area contributed by atoms with Gasteiger partial charge in [0.15, 0.2) is 0 Å². The van der Waals surface area contributed by atoms with Crippen LogP contribution < -0.4 is 5.32 Å². The highest BCUT2D eigenvalue weighted by Crippen LogP contribution is 2.32. The second-order valence-corrected chi connectivity index (χ2v) is 6.30. The van der Waals surface area contributed by atoms with Gasteiger partial charge in [0, 0.05) is 13.1 Å². The van der Waals surface area contributed by atoms with Crippen molar-refractivity contribution in [3.8, 4) is 0 Å². The zero-order valence-corrected chi connectivity index (χ0v) is 13.4. The van der Waals surface area contributed by atoms with E-state index in [0.717, 1.165) is 24.9 Å². The van der Waals surface area contributed by atoms with E-state index in [2.05, 4.69) is 5.32 Å². The Morgan fingerprint density at radius 1 is 1.30 bits per heavy atom. The molecule has 23 heavy (non-hydrogen) atoms. The fourth-order valence-corrected chi connectivity index (χ4v) is 3.48. The molecule has 6 heteroatoms. The number of aliphatic hydroxyl groups is 1. The Bertz CT molecular complexity index is 592. The Morgan fingerprint density at radius 2 is 2.04 bits per heavy atom. The smallest absolute Gasteiger partial charge is 0.326 e. The van der Waals surface area contributed by atoms with E-state index in [0.29, 0.717) is 13.0 Å². The maximum Gasteiger partial charge on any atom is 0.326 e. The number of aliphatic hydroxyl groups excluding tert-OH is 1. The highest BCUT2D eigenvalue weighted by Gasteiger charge is 2.51. The number of nitrogens with zero attached hydrogens (tertiary/aromatic N) is 2. The van der Waals surface area contributed by atoms with Crippen LogP contribution in [0.5, 0.6) is 0 Å². The molecule has 2 fully saturated rings. The van der Waals surface area contributed by atoms with Gasteiger partial charge in [0.1, 0.15) is 5.54 Å². The lowest BCUT2D eigenvalue weighted by atomic mass is 9.87. The molecule has 3 rings (SSSR count). The molecule has 124 valence electrons. The number of benzene rings is 1. The summed E-state index contributed by atoms with van der Waals surface area (Å²) in [7, 11) is 0. The van der Waals surface area contributed by atoms with Crippen molar-refractivity contribution in [1.29, 1.82) is 0 Å². The molecular formula is C17H23N3O3. The molecule has 6 nitrogen and oxygen atoms in total. The third kappa shape index (κ3) is 2.84. The van der Waals surface area contributed by atoms with Crippen molar-refractivity contribution in [1.82, 2.24) is 15.1 Å². The summed E-state index contributed by atoms with van der Waals surface area (Å²) < 4.78 is 0. The number of carbonyl (C=O) groups is 2. The van der Waals surface area contributed by atoms with Crippen LogP contribution in [-0.2, 0) is 10.3 Å². The Kier molecular flexibility index (Phi) is 4.37. The van der Waals surface area contributed by atoms with E-state index in [1.165, 1.54) is 4.90 Å². The summed E-state index contributed by atoms with van der Waals surface area (Å²) in [6.07, 6.45) is 1.78. The normalized spacial score (nSPS) is 29.0. The molecule has 2 aliphatic heterocycles. The van der Waals surface area contributed by atoms with Crippen molar-refractivity contribution < 1.29 is 14.7 Å². The number of carbonyl (C=O) groups excluding carboxylic acids is 2. The average molecular weight is 317 g/mol. The highest BCUT2D eigenvalue weighted by molar-refractivity contribution is 6.07. The molecule has 3 amide bonds. The lowest BCUT2D eigenvalue weighted by Crippen LogP contribution is -2.48. The van der Waals surface area contributed by atoms with Gasteiger partial charge >= 0.3 is 6.03 Å². The summed E-state index contributed by atoms with van der Waals surface area (Å²) in [5, 5.41) is 12.6. The van der Waals surface area contributed by atoms with Gasteiger partial charge in [-0.25, -0.2) is 9.69 Å². The number of hydrogen-bond donors (Lipinski definition) is 2. The van der Waals surface area contributed by atoms with E-state index in [1.54, 1.807) is 0 Å². The zero-order valence-electron chi connectivity index (χ0n) is 13.4. The fraction of sp³-hybridized carbons (Fsp3) is 0.529. The first kappa shape index (κ1) is 16.0. The minimum absolute atomic E-state index is 0.212. The van der Waals surface area contributed by atoms with Crippen molar-refractivity contribution in [2.24, 2.45) is 0 Å². The molecule has 2 heterocycles.